The highest BCUT2D eigenvalue weighted by atomic mass is 35.5. The van der Waals surface area contributed by atoms with Crippen molar-refractivity contribution in [3.8, 4) is 17.0 Å². The molecule has 0 saturated heterocycles. The van der Waals surface area contributed by atoms with E-state index in [1.165, 1.54) is 6.07 Å². The summed E-state index contributed by atoms with van der Waals surface area (Å²) in [5, 5.41) is 14.0. The van der Waals surface area contributed by atoms with Crippen LogP contribution in [0.5, 0.6) is 5.75 Å². The molecule has 172 valence electrons. The van der Waals surface area contributed by atoms with Gasteiger partial charge in [0, 0.05) is 40.9 Å². The van der Waals surface area contributed by atoms with E-state index in [1.54, 1.807) is 30.7 Å². The lowest BCUT2D eigenvalue weighted by atomic mass is 9.98. The van der Waals surface area contributed by atoms with E-state index in [0.29, 0.717) is 40.6 Å². The molecule has 2 heterocycles. The molecule has 1 saturated carbocycles. The van der Waals surface area contributed by atoms with Crippen molar-refractivity contribution in [1.29, 1.82) is 0 Å². The van der Waals surface area contributed by atoms with Crippen LogP contribution in [0.1, 0.15) is 37.4 Å². The molecule has 2 aliphatic rings. The summed E-state index contributed by atoms with van der Waals surface area (Å²) >= 11 is 5.99. The van der Waals surface area contributed by atoms with Crippen LogP contribution >= 0.6 is 11.6 Å². The molecule has 2 N–H and O–H groups in total. The summed E-state index contributed by atoms with van der Waals surface area (Å²) in [5.74, 6) is -1.60. The van der Waals surface area contributed by atoms with Crippen LogP contribution in [0.25, 0.3) is 11.3 Å². The van der Waals surface area contributed by atoms with E-state index in [9.17, 15) is 18.7 Å². The molecule has 1 aliphatic carbocycles. The Bertz CT molecular complexity index is 1210. The third-order valence-electron chi connectivity index (χ3n) is 6.27. The topological polar surface area (TPSA) is 76.4 Å². The summed E-state index contributed by atoms with van der Waals surface area (Å²) in [6.45, 7) is 0.604. The zero-order chi connectivity index (χ0) is 23.2. The Morgan fingerprint density at radius 3 is 2.82 bits per heavy atom. The second kappa shape index (κ2) is 8.43. The Labute approximate surface area is 194 Å². The van der Waals surface area contributed by atoms with Gasteiger partial charge in [-0.3, -0.25) is 4.79 Å². The molecule has 5 rings (SSSR count). The van der Waals surface area contributed by atoms with E-state index >= 15 is 0 Å². The number of hydrogen-bond donors (Lipinski definition) is 2. The Kier molecular flexibility index (Phi) is 5.58. The van der Waals surface area contributed by atoms with Gasteiger partial charge in [-0.2, -0.15) is 0 Å². The predicted molar refractivity (Wildman–Crippen MR) is 118 cm³/mol. The summed E-state index contributed by atoms with van der Waals surface area (Å²) in [6.07, 6.45) is 4.36. The second-order valence-corrected chi connectivity index (χ2v) is 9.12. The van der Waals surface area contributed by atoms with Gasteiger partial charge in [-0.05, 0) is 55.7 Å². The number of hydrogen-bond acceptors (Lipinski definition) is 4. The van der Waals surface area contributed by atoms with E-state index in [1.807, 2.05) is 4.57 Å². The van der Waals surface area contributed by atoms with E-state index in [4.69, 9.17) is 16.3 Å². The number of halogens is 3. The van der Waals surface area contributed by atoms with Crippen LogP contribution in [0.2, 0.25) is 5.02 Å². The molecule has 1 fully saturated rings. The number of aliphatic hydroxyl groups excluding tert-OH is 1. The largest absolute Gasteiger partial charge is 0.480 e. The van der Waals surface area contributed by atoms with Crippen molar-refractivity contribution in [3.05, 3.63) is 71.1 Å². The van der Waals surface area contributed by atoms with E-state index < -0.39 is 23.8 Å². The Morgan fingerprint density at radius 2 is 2.06 bits per heavy atom. The maximum Gasteiger partial charge on any atom is 0.261 e. The maximum atomic E-state index is 13.5. The fourth-order valence-corrected chi connectivity index (χ4v) is 4.32. The molecule has 1 aliphatic heterocycles. The quantitative estimate of drug-likeness (QED) is 0.556. The van der Waals surface area contributed by atoms with Crippen molar-refractivity contribution >= 4 is 17.5 Å². The normalized spacial score (nSPS) is 20.6. The highest BCUT2D eigenvalue weighted by Gasteiger charge is 2.45. The minimum Gasteiger partial charge on any atom is -0.480 e. The molecule has 1 amide bonds. The fourth-order valence-electron chi connectivity index (χ4n) is 4.14. The zero-order valence-corrected chi connectivity index (χ0v) is 18.4. The first-order valence-corrected chi connectivity index (χ1v) is 11.1. The molecular formula is C24H22ClF2N3O3. The van der Waals surface area contributed by atoms with Crippen molar-refractivity contribution in [1.82, 2.24) is 14.9 Å². The smallest absolute Gasteiger partial charge is 0.261 e. The van der Waals surface area contributed by atoms with Crippen LogP contribution in [0.15, 0.2) is 48.9 Å². The number of benzene rings is 2. The van der Waals surface area contributed by atoms with E-state index in [2.05, 4.69) is 10.3 Å². The van der Waals surface area contributed by atoms with Gasteiger partial charge in [-0.1, -0.05) is 11.6 Å². The summed E-state index contributed by atoms with van der Waals surface area (Å²) in [7, 11) is 0. The third kappa shape index (κ3) is 4.58. The van der Waals surface area contributed by atoms with Crippen molar-refractivity contribution < 1.29 is 23.4 Å². The lowest BCUT2D eigenvalue weighted by molar-refractivity contribution is -0.131. The van der Waals surface area contributed by atoms with E-state index in [0.717, 1.165) is 25.0 Å². The van der Waals surface area contributed by atoms with Gasteiger partial charge in [0.25, 0.3) is 5.91 Å². The van der Waals surface area contributed by atoms with Crippen molar-refractivity contribution in [3.63, 3.8) is 0 Å². The zero-order valence-electron chi connectivity index (χ0n) is 17.6. The lowest BCUT2D eigenvalue weighted by Crippen LogP contribution is -2.47. The molecule has 0 bridgehead atoms. The first-order valence-electron chi connectivity index (χ1n) is 10.8. The summed E-state index contributed by atoms with van der Waals surface area (Å²) in [5.41, 5.74) is 1.31. The van der Waals surface area contributed by atoms with Crippen LogP contribution in [-0.4, -0.2) is 32.2 Å². The van der Waals surface area contributed by atoms with Gasteiger partial charge in [0.2, 0.25) is 0 Å². The van der Waals surface area contributed by atoms with Crippen LogP contribution in [0.4, 0.5) is 8.78 Å². The number of aromatic nitrogens is 2. The van der Waals surface area contributed by atoms with Gasteiger partial charge in [-0.25, -0.2) is 13.8 Å². The van der Waals surface area contributed by atoms with Crippen molar-refractivity contribution in [2.24, 2.45) is 0 Å². The van der Waals surface area contributed by atoms with Gasteiger partial charge >= 0.3 is 0 Å². The highest BCUT2D eigenvalue weighted by Crippen LogP contribution is 2.41. The monoisotopic (exact) mass is 473 g/mol. The number of imidazole rings is 1. The predicted octanol–water partition coefficient (Wildman–Crippen LogP) is 4.41. The number of amides is 1. The molecule has 33 heavy (non-hydrogen) atoms. The van der Waals surface area contributed by atoms with E-state index in [-0.39, 0.29) is 17.9 Å². The van der Waals surface area contributed by atoms with Crippen LogP contribution < -0.4 is 10.1 Å². The Hall–Kier alpha value is -2.97. The minimum atomic E-state index is -0.914. The summed E-state index contributed by atoms with van der Waals surface area (Å²) in [4.78, 5) is 17.2. The average molecular weight is 474 g/mol. The molecule has 9 heteroatoms. The summed E-state index contributed by atoms with van der Waals surface area (Å²) in [6, 6.07) is 8.66. The number of aliphatic hydroxyl groups is 1. The highest BCUT2D eigenvalue weighted by molar-refractivity contribution is 6.30. The first kappa shape index (κ1) is 21.9. The molecule has 3 aromatic rings. The number of nitrogens with zero attached hydrogens (tertiary/aromatic N) is 2. The van der Waals surface area contributed by atoms with Crippen LogP contribution in [0, 0.1) is 11.6 Å². The molecule has 0 radical (unpaired) electrons. The number of aryl methyl sites for hydroxylation is 1. The Morgan fingerprint density at radius 1 is 1.24 bits per heavy atom. The van der Waals surface area contributed by atoms with Gasteiger partial charge in [0.1, 0.15) is 5.75 Å². The van der Waals surface area contributed by atoms with Gasteiger partial charge in [-0.15, -0.1) is 0 Å². The third-order valence-corrected chi connectivity index (χ3v) is 6.50. The molecule has 2 aromatic carbocycles. The van der Waals surface area contributed by atoms with Crippen molar-refractivity contribution in [2.45, 2.75) is 50.0 Å². The minimum absolute atomic E-state index is 0.161. The number of rotatable bonds is 6. The first-order chi connectivity index (χ1) is 15.8. The lowest BCUT2D eigenvalue weighted by Gasteiger charge is -2.30. The maximum absolute atomic E-state index is 13.5. The molecule has 2 atom stereocenters. The van der Waals surface area contributed by atoms with Crippen LogP contribution in [0.3, 0.4) is 0 Å². The molecule has 6 nitrogen and oxygen atoms in total. The SMILES string of the molecule is O=C(NC1(CCn2cnc(-c3ccc(F)c(F)c3)c2)CC1)C1CC(O)c2cc(Cl)ccc2O1. The molecule has 1 aromatic heterocycles. The van der Waals surface area contributed by atoms with Gasteiger partial charge in [0.05, 0.1) is 18.1 Å². The number of nitrogens with one attached hydrogen (secondary N) is 1. The van der Waals surface area contributed by atoms with Crippen LogP contribution in [-0.2, 0) is 11.3 Å². The van der Waals surface area contributed by atoms with Crippen molar-refractivity contribution in [2.75, 3.05) is 0 Å². The molecule has 0 spiro atoms. The standard InChI is InChI=1S/C24H22ClF2N3O3/c25-15-2-4-21-16(10-15)20(31)11-22(33-21)23(32)29-24(5-6-24)7-8-30-12-19(28-13-30)14-1-3-17(26)18(27)9-14/h1-4,9-10,12-13,20,22,31H,5-8,11H2,(H,29,32). The number of carbonyl (C=O) groups is 1. The molecular weight excluding hydrogens is 452 g/mol. The summed E-state index contributed by atoms with van der Waals surface area (Å²) < 4.78 is 34.4. The second-order valence-electron chi connectivity index (χ2n) is 8.69. The van der Waals surface area contributed by atoms with Gasteiger partial charge in [0.15, 0.2) is 17.7 Å². The fraction of sp³-hybridized carbons (Fsp3) is 0.333. The number of carbonyl (C=O) groups excluding carboxylic acids is 1. The average Bonchev–Trinajstić information content (AvgIpc) is 3.38. The number of fused-ring (bicyclic) bond motifs is 1. The number of ether oxygens (including phenoxy) is 1. The Balaban J connectivity index is 1.20. The van der Waals surface area contributed by atoms with Gasteiger partial charge < -0.3 is 19.7 Å². The molecule has 2 unspecified atom stereocenters.